The summed E-state index contributed by atoms with van der Waals surface area (Å²) in [7, 11) is 0. The van der Waals surface area contributed by atoms with Crippen molar-refractivity contribution in [1.82, 2.24) is 5.43 Å². The summed E-state index contributed by atoms with van der Waals surface area (Å²) in [5.74, 6) is 0.00524. The molecule has 1 heterocycles. The Bertz CT molecular complexity index is 492. The average molecular weight is 244 g/mol. The van der Waals surface area contributed by atoms with Crippen LogP contribution in [-0.2, 0) is 16.0 Å². The summed E-state index contributed by atoms with van der Waals surface area (Å²) in [5, 5.41) is 1.41. The van der Waals surface area contributed by atoms with Crippen LogP contribution < -0.4 is 10.4 Å². The van der Waals surface area contributed by atoms with Gasteiger partial charge in [0.05, 0.1) is 12.1 Å². The van der Waals surface area contributed by atoms with Crippen molar-refractivity contribution < 1.29 is 9.59 Å². The number of carbonyl (C=O) groups excluding carboxylic acids is 2. The molecule has 1 fully saturated rings. The Morgan fingerprint density at radius 1 is 1.22 bits per heavy atom. The van der Waals surface area contributed by atoms with Crippen LogP contribution in [0.2, 0.25) is 0 Å². The third-order valence-electron chi connectivity index (χ3n) is 3.77. The number of nitrogens with zero attached hydrogens (tertiary/aromatic N) is 1. The second-order valence-corrected chi connectivity index (χ2v) is 4.99. The monoisotopic (exact) mass is 244 g/mol. The molecule has 1 aromatic rings. The molecule has 0 saturated heterocycles. The van der Waals surface area contributed by atoms with Gasteiger partial charge in [-0.1, -0.05) is 31.0 Å². The summed E-state index contributed by atoms with van der Waals surface area (Å²) >= 11 is 0. The highest BCUT2D eigenvalue weighted by Crippen LogP contribution is 2.28. The van der Waals surface area contributed by atoms with Gasteiger partial charge in [-0.3, -0.25) is 15.0 Å². The Morgan fingerprint density at radius 2 is 1.94 bits per heavy atom. The minimum absolute atomic E-state index is 0.0162. The molecule has 3 rings (SSSR count). The van der Waals surface area contributed by atoms with E-state index >= 15 is 0 Å². The zero-order valence-corrected chi connectivity index (χ0v) is 10.2. The zero-order valence-electron chi connectivity index (χ0n) is 10.2. The van der Waals surface area contributed by atoms with E-state index in [1.807, 2.05) is 24.3 Å². The van der Waals surface area contributed by atoms with E-state index in [4.69, 9.17) is 0 Å². The fraction of sp³-hybridized carbons (Fsp3) is 0.429. The molecule has 0 spiro atoms. The number of carbonyl (C=O) groups is 2. The standard InChI is InChI=1S/C14H16N2O2/c17-13-9-11-7-3-4-8-12(11)16(13)15-14(18)10-5-1-2-6-10/h3-4,7-8,10H,1-2,5-6,9H2,(H,15,18). The first-order chi connectivity index (χ1) is 8.75. The van der Waals surface area contributed by atoms with Crippen molar-refractivity contribution in [1.29, 1.82) is 0 Å². The zero-order chi connectivity index (χ0) is 12.5. The summed E-state index contributed by atoms with van der Waals surface area (Å²) in [6.45, 7) is 0. The number of rotatable bonds is 2. The van der Waals surface area contributed by atoms with E-state index in [1.165, 1.54) is 5.01 Å². The Labute approximate surface area is 106 Å². The molecule has 1 aliphatic heterocycles. The van der Waals surface area contributed by atoms with Crippen molar-refractivity contribution in [2.45, 2.75) is 32.1 Å². The molecular weight excluding hydrogens is 228 g/mol. The molecular formula is C14H16N2O2. The summed E-state index contributed by atoms with van der Waals surface area (Å²) in [5.41, 5.74) is 4.57. The number of amides is 2. The van der Waals surface area contributed by atoms with Crippen molar-refractivity contribution in [3.05, 3.63) is 29.8 Å². The van der Waals surface area contributed by atoms with Crippen LogP contribution in [0, 0.1) is 5.92 Å². The molecule has 94 valence electrons. The predicted molar refractivity (Wildman–Crippen MR) is 67.7 cm³/mol. The number of anilines is 1. The third-order valence-corrected chi connectivity index (χ3v) is 3.77. The van der Waals surface area contributed by atoms with Gasteiger partial charge in [-0.2, -0.15) is 0 Å². The molecule has 0 atom stereocenters. The van der Waals surface area contributed by atoms with Gasteiger partial charge in [-0.25, -0.2) is 5.01 Å². The number of fused-ring (bicyclic) bond motifs is 1. The maximum atomic E-state index is 12.1. The minimum Gasteiger partial charge on any atom is -0.273 e. The van der Waals surface area contributed by atoms with Gasteiger partial charge in [0.1, 0.15) is 0 Å². The first-order valence-corrected chi connectivity index (χ1v) is 6.47. The molecule has 0 unspecified atom stereocenters. The number of hydrazine groups is 1. The smallest absolute Gasteiger partial charge is 0.250 e. The van der Waals surface area contributed by atoms with E-state index in [0.29, 0.717) is 6.42 Å². The molecule has 0 aromatic heterocycles. The lowest BCUT2D eigenvalue weighted by Gasteiger charge is -2.20. The number of nitrogens with one attached hydrogen (secondary N) is 1. The predicted octanol–water partition coefficient (Wildman–Crippen LogP) is 1.80. The molecule has 1 saturated carbocycles. The average Bonchev–Trinajstić information content (AvgIpc) is 2.98. The largest absolute Gasteiger partial charge is 0.273 e. The Morgan fingerprint density at radius 3 is 2.72 bits per heavy atom. The molecule has 0 bridgehead atoms. The van der Waals surface area contributed by atoms with Gasteiger partial charge in [0.15, 0.2) is 0 Å². The topological polar surface area (TPSA) is 49.4 Å². The van der Waals surface area contributed by atoms with Crippen molar-refractivity contribution >= 4 is 17.5 Å². The van der Waals surface area contributed by atoms with Crippen LogP contribution in [0.15, 0.2) is 24.3 Å². The van der Waals surface area contributed by atoms with Gasteiger partial charge in [0.2, 0.25) is 11.8 Å². The number of para-hydroxylation sites is 1. The van der Waals surface area contributed by atoms with Crippen molar-refractivity contribution in [2.75, 3.05) is 5.01 Å². The molecule has 4 nitrogen and oxygen atoms in total. The van der Waals surface area contributed by atoms with Gasteiger partial charge < -0.3 is 0 Å². The first-order valence-electron chi connectivity index (χ1n) is 6.47. The molecule has 1 aromatic carbocycles. The second-order valence-electron chi connectivity index (χ2n) is 4.99. The van der Waals surface area contributed by atoms with Gasteiger partial charge in [0, 0.05) is 5.92 Å². The van der Waals surface area contributed by atoms with Gasteiger partial charge in [-0.15, -0.1) is 0 Å². The summed E-state index contributed by atoms with van der Waals surface area (Å²) in [6, 6.07) is 7.59. The molecule has 2 amide bonds. The molecule has 2 aliphatic rings. The fourth-order valence-electron chi connectivity index (χ4n) is 2.77. The van der Waals surface area contributed by atoms with E-state index in [1.54, 1.807) is 0 Å². The second kappa shape index (κ2) is 4.44. The van der Waals surface area contributed by atoms with Crippen LogP contribution >= 0.6 is 0 Å². The summed E-state index contributed by atoms with van der Waals surface area (Å²) < 4.78 is 0. The van der Waals surface area contributed by atoms with Crippen LogP contribution in [0.1, 0.15) is 31.2 Å². The van der Waals surface area contributed by atoms with Crippen LogP contribution in [0.25, 0.3) is 0 Å². The Hall–Kier alpha value is -1.84. The SMILES string of the molecule is O=C(NN1C(=O)Cc2ccccc21)C1CCCC1. The van der Waals surface area contributed by atoms with Crippen molar-refractivity contribution in [2.24, 2.45) is 5.92 Å². The highest BCUT2D eigenvalue weighted by atomic mass is 16.2. The lowest BCUT2D eigenvalue weighted by Crippen LogP contribution is -2.46. The van der Waals surface area contributed by atoms with E-state index in [-0.39, 0.29) is 17.7 Å². The molecule has 18 heavy (non-hydrogen) atoms. The molecule has 4 heteroatoms. The lowest BCUT2D eigenvalue weighted by atomic mass is 10.1. The van der Waals surface area contributed by atoms with Crippen LogP contribution in [-0.4, -0.2) is 11.8 Å². The van der Waals surface area contributed by atoms with E-state index in [9.17, 15) is 9.59 Å². The maximum Gasteiger partial charge on any atom is 0.250 e. The summed E-state index contributed by atoms with van der Waals surface area (Å²) in [6.07, 6.45) is 4.48. The van der Waals surface area contributed by atoms with Gasteiger partial charge in [0.25, 0.3) is 0 Å². The van der Waals surface area contributed by atoms with Gasteiger partial charge >= 0.3 is 0 Å². The van der Waals surface area contributed by atoms with Crippen molar-refractivity contribution in [3.8, 4) is 0 Å². The Kier molecular flexibility index (Phi) is 2.78. The highest BCUT2D eigenvalue weighted by Gasteiger charge is 2.31. The van der Waals surface area contributed by atoms with E-state index in [0.717, 1.165) is 36.9 Å². The number of hydrogen-bond donors (Lipinski definition) is 1. The molecule has 1 aliphatic carbocycles. The third kappa shape index (κ3) is 1.88. The summed E-state index contributed by atoms with van der Waals surface area (Å²) in [4.78, 5) is 23.9. The van der Waals surface area contributed by atoms with E-state index < -0.39 is 0 Å². The maximum absolute atomic E-state index is 12.1. The first kappa shape index (κ1) is 11.3. The number of benzene rings is 1. The van der Waals surface area contributed by atoms with E-state index in [2.05, 4.69) is 5.43 Å². The Balaban J connectivity index is 1.76. The minimum atomic E-state index is -0.0532. The molecule has 1 N–H and O–H groups in total. The quantitative estimate of drug-likeness (QED) is 0.862. The van der Waals surface area contributed by atoms with Crippen LogP contribution in [0.3, 0.4) is 0 Å². The number of hydrogen-bond acceptors (Lipinski definition) is 2. The lowest BCUT2D eigenvalue weighted by molar-refractivity contribution is -0.128. The normalized spacial score (nSPS) is 19.1. The highest BCUT2D eigenvalue weighted by molar-refractivity contribution is 6.03. The van der Waals surface area contributed by atoms with Crippen LogP contribution in [0.4, 0.5) is 5.69 Å². The fourth-order valence-corrected chi connectivity index (χ4v) is 2.77. The molecule has 0 radical (unpaired) electrons. The van der Waals surface area contributed by atoms with Gasteiger partial charge in [-0.05, 0) is 24.5 Å². The van der Waals surface area contributed by atoms with Crippen LogP contribution in [0.5, 0.6) is 0 Å². The van der Waals surface area contributed by atoms with Crippen molar-refractivity contribution in [3.63, 3.8) is 0 Å².